The average molecular weight is 411 g/mol. The Morgan fingerprint density at radius 2 is 1.12 bits per heavy atom. The van der Waals surface area contributed by atoms with Gasteiger partial charge in [-0.05, 0) is 74.6 Å². The van der Waals surface area contributed by atoms with Gasteiger partial charge in [-0.15, -0.1) is 17.7 Å². The number of hydrogen-bond donors (Lipinski definition) is 2. The summed E-state index contributed by atoms with van der Waals surface area (Å²) in [7, 11) is 0. The molecule has 0 fully saturated rings. The zero-order valence-corrected chi connectivity index (χ0v) is 19.5. The van der Waals surface area contributed by atoms with E-state index in [1.54, 1.807) is 0 Å². The van der Waals surface area contributed by atoms with Gasteiger partial charge in [0, 0.05) is 11.4 Å². The maximum atomic E-state index is 5.40. The van der Waals surface area contributed by atoms with Crippen LogP contribution in [0.15, 0.2) is 48.5 Å². The highest BCUT2D eigenvalue weighted by Gasteiger charge is 2.00. The Morgan fingerprint density at radius 1 is 0.808 bits per heavy atom. The first kappa shape index (κ1) is 24.6. The highest BCUT2D eigenvalue weighted by Crippen LogP contribution is 2.18. The molecule has 2 N–H and O–H groups in total. The molecule has 0 radical (unpaired) electrons. The van der Waals surface area contributed by atoms with E-state index in [1.807, 2.05) is 62.4 Å². The third-order valence-corrected chi connectivity index (χ3v) is 3.05. The van der Waals surface area contributed by atoms with Gasteiger partial charge < -0.3 is 20.1 Å². The van der Waals surface area contributed by atoms with Gasteiger partial charge in [0.1, 0.15) is 11.5 Å². The molecule has 0 bridgehead atoms. The number of rotatable bonds is 6. The fourth-order valence-electron chi connectivity index (χ4n) is 1.90. The average Bonchev–Trinajstić information content (AvgIpc) is 2.60. The summed E-state index contributed by atoms with van der Waals surface area (Å²) in [5, 5.41) is 8.19. The molecule has 0 saturated heterocycles. The van der Waals surface area contributed by atoms with Gasteiger partial charge in [-0.25, -0.2) is 0 Å². The highest BCUT2D eigenvalue weighted by atomic mass is 35.5. The van der Waals surface area contributed by atoms with Crippen LogP contribution in [0, 0.1) is 0 Å². The largest absolute Gasteiger partial charge is 0.494 e. The van der Waals surface area contributed by atoms with E-state index in [4.69, 9.17) is 21.7 Å². The van der Waals surface area contributed by atoms with Gasteiger partial charge in [0.25, 0.3) is 0 Å². The van der Waals surface area contributed by atoms with E-state index in [2.05, 4.69) is 17.6 Å². The number of halogens is 1. The highest BCUT2D eigenvalue weighted by molar-refractivity contribution is 7.80. The molecule has 26 heavy (non-hydrogen) atoms. The van der Waals surface area contributed by atoms with Gasteiger partial charge >= 0.3 is 0 Å². The molecule has 0 atom stereocenters. The molecular weight excluding hydrogens is 383 g/mol. The number of thiocarbonyl (C=S) groups is 1. The lowest BCUT2D eigenvalue weighted by Gasteiger charge is -2.12. The first-order valence-electron chi connectivity index (χ1n) is 8.66. The molecule has 142 valence electrons. The molecule has 0 aromatic heterocycles. The minimum Gasteiger partial charge on any atom is -0.494 e. The third-order valence-electron chi connectivity index (χ3n) is 2.85. The van der Waals surface area contributed by atoms with E-state index in [-0.39, 0.29) is 12.4 Å². The maximum Gasteiger partial charge on any atom is 0.211 e. The van der Waals surface area contributed by atoms with Crippen LogP contribution in [0.5, 0.6) is 11.5 Å². The van der Waals surface area contributed by atoms with E-state index in [1.165, 1.54) is 21.6 Å². The van der Waals surface area contributed by atoms with Crippen molar-refractivity contribution in [3.63, 3.8) is 0 Å². The van der Waals surface area contributed by atoms with Crippen LogP contribution >= 0.6 is 24.6 Å². The third kappa shape index (κ3) is 9.89. The topological polar surface area (TPSA) is 42.5 Å². The van der Waals surface area contributed by atoms with Crippen molar-refractivity contribution in [3.05, 3.63) is 48.5 Å². The summed E-state index contributed by atoms with van der Waals surface area (Å²) in [5.41, 5.74) is 1.82. The first-order valence-corrected chi connectivity index (χ1v) is 10.5. The summed E-state index contributed by atoms with van der Waals surface area (Å²) in [6.45, 7) is 7.42. The first-order chi connectivity index (χ1) is 12.1. The Morgan fingerprint density at radius 3 is 1.38 bits per heavy atom. The van der Waals surface area contributed by atoms with Crippen LogP contribution in [0.2, 0.25) is 5.28 Å². The van der Waals surface area contributed by atoms with Crippen LogP contribution in [-0.4, -0.2) is 34.6 Å². The number of ether oxygens (including phenoxy) is 2. The number of anilines is 2. The van der Waals surface area contributed by atoms with E-state index in [0.29, 0.717) is 18.3 Å². The quantitative estimate of drug-likeness (QED) is 0.530. The zero-order valence-electron chi connectivity index (χ0n) is 15.9. The normalized spacial score (nSPS) is 9.04. The summed E-state index contributed by atoms with van der Waals surface area (Å²) in [6, 6.07) is 15.3. The second kappa shape index (κ2) is 14.7. The van der Waals surface area contributed by atoms with Crippen molar-refractivity contribution in [2.24, 2.45) is 0 Å². The van der Waals surface area contributed by atoms with Crippen LogP contribution in [0.1, 0.15) is 20.8 Å². The monoisotopic (exact) mass is 410 g/mol. The SMILES string of the molecule is CCOc1ccc(NC(=S)Nc2ccc(OCC)cc2)cc1.C[CH2][AlH2].Cl. The summed E-state index contributed by atoms with van der Waals surface area (Å²) < 4.78 is 10.8. The van der Waals surface area contributed by atoms with E-state index in [0.717, 1.165) is 22.9 Å². The van der Waals surface area contributed by atoms with Crippen molar-refractivity contribution < 1.29 is 9.47 Å². The van der Waals surface area contributed by atoms with Crippen molar-refractivity contribution in [2.45, 2.75) is 26.1 Å². The predicted molar refractivity (Wildman–Crippen MR) is 121 cm³/mol. The van der Waals surface area contributed by atoms with Crippen molar-refractivity contribution in [2.75, 3.05) is 23.8 Å². The number of nitrogens with one attached hydrogen (secondary N) is 2. The lowest BCUT2D eigenvalue weighted by atomic mass is 10.3. The number of benzene rings is 2. The molecular formula is C19H28AlClN2O2S. The Labute approximate surface area is 176 Å². The van der Waals surface area contributed by atoms with Crippen molar-refractivity contribution in [1.82, 2.24) is 0 Å². The minimum absolute atomic E-state index is 0. The summed E-state index contributed by atoms with van der Waals surface area (Å²) in [6.07, 6.45) is 0. The second-order valence-corrected chi connectivity index (χ2v) is 7.02. The van der Waals surface area contributed by atoms with Crippen molar-refractivity contribution in [3.8, 4) is 11.5 Å². The molecule has 7 heteroatoms. The smallest absolute Gasteiger partial charge is 0.211 e. The summed E-state index contributed by atoms with van der Waals surface area (Å²) in [4.78, 5) is 0. The molecule has 0 aliphatic rings. The Bertz CT molecular complexity index is 571. The van der Waals surface area contributed by atoms with Gasteiger partial charge in [-0.2, -0.15) is 0 Å². The second-order valence-electron chi connectivity index (χ2n) is 5.20. The molecule has 2 aromatic rings. The molecule has 0 heterocycles. The van der Waals surface area contributed by atoms with Crippen LogP contribution in [0.4, 0.5) is 11.4 Å². The maximum absolute atomic E-state index is 5.40. The van der Waals surface area contributed by atoms with Crippen LogP contribution in [0.3, 0.4) is 0 Å². The lowest BCUT2D eigenvalue weighted by molar-refractivity contribution is 0.340. The van der Waals surface area contributed by atoms with Gasteiger partial charge in [0.2, 0.25) is 16.3 Å². The summed E-state index contributed by atoms with van der Waals surface area (Å²) >= 11 is 6.67. The van der Waals surface area contributed by atoms with Crippen LogP contribution in [0.25, 0.3) is 0 Å². The standard InChI is InChI=1S/C17H20N2O2S.C2H5.Al.ClH.2H/c1-3-20-15-9-5-13(6-10-15)18-17(22)19-14-7-11-16(12-8-14)21-4-2;1-2;;;;/h5-12H,3-4H2,1-2H3,(H2,18,19,22);1H2,2H3;;1H;;. The predicted octanol–water partition coefficient (Wildman–Crippen LogP) is 4.77. The fraction of sp³-hybridized carbons (Fsp3) is 0.316. The summed E-state index contributed by atoms with van der Waals surface area (Å²) in [5.74, 6) is 1.69. The fourth-order valence-corrected chi connectivity index (χ4v) is 2.13. The minimum atomic E-state index is 0. The van der Waals surface area contributed by atoms with Crippen LogP contribution in [-0.2, 0) is 0 Å². The molecule has 0 spiro atoms. The van der Waals surface area contributed by atoms with Gasteiger partial charge in [0.15, 0.2) is 5.11 Å². The Balaban J connectivity index is 0.00000146. The molecule has 0 amide bonds. The molecule has 4 nitrogen and oxygen atoms in total. The van der Waals surface area contributed by atoms with E-state index >= 15 is 0 Å². The van der Waals surface area contributed by atoms with Crippen LogP contribution < -0.4 is 20.1 Å². The molecule has 2 aromatic carbocycles. The molecule has 0 unspecified atom stereocenters. The molecule has 2 rings (SSSR count). The van der Waals surface area contributed by atoms with Gasteiger partial charge in [-0.1, -0.05) is 6.92 Å². The van der Waals surface area contributed by atoms with Crippen molar-refractivity contribution >= 4 is 57.4 Å². The Kier molecular flexibility index (Phi) is 13.9. The van der Waals surface area contributed by atoms with Gasteiger partial charge in [0.05, 0.1) is 13.2 Å². The molecule has 0 aliphatic carbocycles. The molecule has 0 aliphatic heterocycles. The van der Waals surface area contributed by atoms with E-state index < -0.39 is 0 Å². The Hall–Kier alpha value is -1.45. The molecule has 0 saturated carbocycles. The lowest BCUT2D eigenvalue weighted by Crippen LogP contribution is -2.18. The van der Waals surface area contributed by atoms with Gasteiger partial charge in [-0.3, -0.25) is 0 Å². The zero-order chi connectivity index (χ0) is 18.5. The number of hydrogen-bond acceptors (Lipinski definition) is 3. The van der Waals surface area contributed by atoms with E-state index in [9.17, 15) is 0 Å². The van der Waals surface area contributed by atoms with Crippen molar-refractivity contribution in [1.29, 1.82) is 0 Å².